The van der Waals surface area contributed by atoms with Crippen molar-refractivity contribution in [2.24, 2.45) is 0 Å². The monoisotopic (exact) mass is 354 g/mol. The average Bonchev–Trinajstić information content (AvgIpc) is 3.24. The second kappa shape index (κ2) is 7.55. The van der Waals surface area contributed by atoms with E-state index in [4.69, 9.17) is 4.42 Å². The third-order valence-corrected chi connectivity index (χ3v) is 5.76. The normalized spacial score (nSPS) is 25.0. The minimum atomic E-state index is -0.566. The van der Waals surface area contributed by atoms with Gasteiger partial charge in [0.15, 0.2) is 0 Å². The molecule has 0 radical (unpaired) electrons. The first-order chi connectivity index (χ1) is 12.6. The molecule has 4 nitrogen and oxygen atoms in total. The number of piperidine rings is 1. The van der Waals surface area contributed by atoms with Crippen molar-refractivity contribution in [3.05, 3.63) is 47.7 Å². The summed E-state index contributed by atoms with van der Waals surface area (Å²) in [5.41, 5.74) is 1.81. The molecule has 4 heteroatoms. The smallest absolute Gasteiger partial charge is 0.134 e. The predicted molar refractivity (Wildman–Crippen MR) is 104 cm³/mol. The second-order valence-electron chi connectivity index (χ2n) is 8.15. The van der Waals surface area contributed by atoms with Gasteiger partial charge in [-0.1, -0.05) is 36.2 Å². The molecule has 2 fully saturated rings. The summed E-state index contributed by atoms with van der Waals surface area (Å²) in [6, 6.07) is 12.5. The number of likely N-dealkylation sites (tertiary alicyclic amines) is 2. The summed E-state index contributed by atoms with van der Waals surface area (Å²) in [5.74, 6) is 1.89. The van der Waals surface area contributed by atoms with Crippen molar-refractivity contribution in [1.29, 1.82) is 0 Å². The first kappa shape index (κ1) is 17.8. The van der Waals surface area contributed by atoms with Gasteiger partial charge in [0.2, 0.25) is 0 Å². The maximum absolute atomic E-state index is 11.0. The van der Waals surface area contributed by atoms with Gasteiger partial charge in [-0.25, -0.2) is 0 Å². The molecule has 0 spiro atoms. The van der Waals surface area contributed by atoms with Gasteiger partial charge in [-0.05, 0) is 51.4 Å². The number of β-amino-alcohol motifs (C(OH)–C–C–N with tert-alkyl or cyclic N) is 1. The molecule has 1 atom stereocenters. The van der Waals surface area contributed by atoms with Crippen molar-refractivity contribution >= 4 is 0 Å². The molecule has 2 saturated heterocycles. The zero-order chi connectivity index (χ0) is 18.0. The SMILES string of the molecule is Cc1ccc(-c2ccc(CN3CC[C@](O)(CN4CCCCC4)C3)o2)cc1. The van der Waals surface area contributed by atoms with Crippen LogP contribution >= 0.6 is 0 Å². The van der Waals surface area contributed by atoms with E-state index in [9.17, 15) is 5.11 Å². The number of nitrogens with zero attached hydrogens (tertiary/aromatic N) is 2. The van der Waals surface area contributed by atoms with Crippen molar-refractivity contribution < 1.29 is 9.52 Å². The lowest BCUT2D eigenvalue weighted by Gasteiger charge is -2.33. The van der Waals surface area contributed by atoms with Gasteiger partial charge in [-0.3, -0.25) is 4.90 Å². The van der Waals surface area contributed by atoms with Crippen LogP contribution in [0.3, 0.4) is 0 Å². The van der Waals surface area contributed by atoms with Gasteiger partial charge in [0, 0.05) is 25.2 Å². The van der Waals surface area contributed by atoms with E-state index in [2.05, 4.69) is 53.1 Å². The molecule has 1 N–H and O–H groups in total. The molecule has 2 aromatic rings. The van der Waals surface area contributed by atoms with E-state index in [-0.39, 0.29) is 0 Å². The fourth-order valence-corrected chi connectivity index (χ4v) is 4.29. The molecular formula is C22H30N2O2. The fraction of sp³-hybridized carbons (Fsp3) is 0.545. The number of benzene rings is 1. The summed E-state index contributed by atoms with van der Waals surface area (Å²) in [7, 11) is 0. The Kier molecular flexibility index (Phi) is 5.16. The Balaban J connectivity index is 1.34. The first-order valence-corrected chi connectivity index (χ1v) is 9.93. The van der Waals surface area contributed by atoms with Crippen LogP contribution in [0.15, 0.2) is 40.8 Å². The molecule has 0 saturated carbocycles. The Morgan fingerprint density at radius 3 is 2.50 bits per heavy atom. The van der Waals surface area contributed by atoms with Crippen molar-refractivity contribution in [3.8, 4) is 11.3 Å². The van der Waals surface area contributed by atoms with Gasteiger partial charge in [0.1, 0.15) is 11.5 Å². The van der Waals surface area contributed by atoms with Crippen LogP contribution in [0.25, 0.3) is 11.3 Å². The van der Waals surface area contributed by atoms with Crippen LogP contribution in [0.2, 0.25) is 0 Å². The van der Waals surface area contributed by atoms with Crippen molar-refractivity contribution in [1.82, 2.24) is 9.80 Å². The lowest BCUT2D eigenvalue weighted by molar-refractivity contribution is 0.00597. The summed E-state index contributed by atoms with van der Waals surface area (Å²) in [4.78, 5) is 4.76. The van der Waals surface area contributed by atoms with Gasteiger partial charge in [-0.2, -0.15) is 0 Å². The Labute approximate surface area is 156 Å². The van der Waals surface area contributed by atoms with Crippen LogP contribution in [0, 0.1) is 6.92 Å². The van der Waals surface area contributed by atoms with Gasteiger partial charge in [-0.15, -0.1) is 0 Å². The van der Waals surface area contributed by atoms with E-state index in [0.29, 0.717) is 0 Å². The molecule has 2 aliphatic rings. The number of rotatable bonds is 5. The highest BCUT2D eigenvalue weighted by Gasteiger charge is 2.37. The van der Waals surface area contributed by atoms with E-state index in [0.717, 1.165) is 62.8 Å². The van der Waals surface area contributed by atoms with Crippen LogP contribution < -0.4 is 0 Å². The second-order valence-corrected chi connectivity index (χ2v) is 8.15. The first-order valence-electron chi connectivity index (χ1n) is 9.93. The highest BCUT2D eigenvalue weighted by atomic mass is 16.3. The molecule has 0 bridgehead atoms. The molecule has 4 rings (SSSR count). The lowest BCUT2D eigenvalue weighted by Crippen LogP contribution is -2.46. The molecule has 1 aromatic heterocycles. The molecule has 2 aliphatic heterocycles. The minimum absolute atomic E-state index is 0.566. The summed E-state index contributed by atoms with van der Waals surface area (Å²) in [6.45, 7) is 7.63. The summed E-state index contributed by atoms with van der Waals surface area (Å²) < 4.78 is 6.06. The zero-order valence-electron chi connectivity index (χ0n) is 15.8. The number of furan rings is 1. The summed E-state index contributed by atoms with van der Waals surface area (Å²) in [5, 5.41) is 11.0. The topological polar surface area (TPSA) is 39.9 Å². The molecule has 0 aliphatic carbocycles. The quantitative estimate of drug-likeness (QED) is 0.889. The van der Waals surface area contributed by atoms with Gasteiger partial charge in [0.25, 0.3) is 0 Å². The number of hydrogen-bond donors (Lipinski definition) is 1. The average molecular weight is 354 g/mol. The largest absolute Gasteiger partial charge is 0.460 e. The van der Waals surface area contributed by atoms with Crippen LogP contribution in [-0.2, 0) is 6.54 Å². The lowest BCUT2D eigenvalue weighted by atomic mass is 10.0. The Hall–Kier alpha value is -1.62. The third-order valence-electron chi connectivity index (χ3n) is 5.76. The Morgan fingerprint density at radius 1 is 0.962 bits per heavy atom. The zero-order valence-corrected chi connectivity index (χ0v) is 15.8. The van der Waals surface area contributed by atoms with Crippen LogP contribution in [-0.4, -0.2) is 53.2 Å². The van der Waals surface area contributed by atoms with Gasteiger partial charge >= 0.3 is 0 Å². The molecule has 0 amide bonds. The van der Waals surface area contributed by atoms with Gasteiger partial charge < -0.3 is 14.4 Å². The van der Waals surface area contributed by atoms with Crippen LogP contribution in [0.4, 0.5) is 0 Å². The molecule has 3 heterocycles. The summed E-state index contributed by atoms with van der Waals surface area (Å²) in [6.07, 6.45) is 4.74. The van der Waals surface area contributed by atoms with Crippen molar-refractivity contribution in [3.63, 3.8) is 0 Å². The van der Waals surface area contributed by atoms with Crippen molar-refractivity contribution in [2.45, 2.75) is 44.8 Å². The Bertz CT molecular complexity index is 718. The summed E-state index contributed by atoms with van der Waals surface area (Å²) >= 11 is 0. The van der Waals surface area contributed by atoms with E-state index >= 15 is 0 Å². The maximum atomic E-state index is 11.0. The molecular weight excluding hydrogens is 324 g/mol. The van der Waals surface area contributed by atoms with Crippen LogP contribution in [0.1, 0.15) is 37.0 Å². The van der Waals surface area contributed by atoms with E-state index < -0.39 is 5.60 Å². The van der Waals surface area contributed by atoms with E-state index in [1.165, 1.54) is 24.8 Å². The number of aliphatic hydroxyl groups is 1. The third kappa shape index (κ3) is 4.20. The maximum Gasteiger partial charge on any atom is 0.134 e. The standard InChI is InChI=1S/C22H30N2O2/c1-18-5-7-19(8-6-18)21-10-9-20(26-21)15-24-14-11-22(25,17-24)16-23-12-3-2-4-13-23/h5-10,25H,2-4,11-17H2,1H3/t22-/m0/s1. The van der Waals surface area contributed by atoms with E-state index in [1.807, 2.05) is 0 Å². The molecule has 1 aromatic carbocycles. The highest BCUT2D eigenvalue weighted by Crippen LogP contribution is 2.27. The van der Waals surface area contributed by atoms with Gasteiger partial charge in [0.05, 0.1) is 12.1 Å². The molecule has 140 valence electrons. The molecule has 26 heavy (non-hydrogen) atoms. The minimum Gasteiger partial charge on any atom is -0.460 e. The fourth-order valence-electron chi connectivity index (χ4n) is 4.29. The number of hydrogen-bond acceptors (Lipinski definition) is 4. The van der Waals surface area contributed by atoms with Crippen LogP contribution in [0.5, 0.6) is 0 Å². The molecule has 0 unspecified atom stereocenters. The van der Waals surface area contributed by atoms with E-state index in [1.54, 1.807) is 0 Å². The number of aryl methyl sites for hydroxylation is 1. The predicted octanol–water partition coefficient (Wildman–Crippen LogP) is 3.68. The Morgan fingerprint density at radius 2 is 1.73 bits per heavy atom. The highest BCUT2D eigenvalue weighted by molar-refractivity contribution is 5.57. The van der Waals surface area contributed by atoms with Crippen molar-refractivity contribution in [2.75, 3.05) is 32.7 Å².